The number of anilines is 3. The topological polar surface area (TPSA) is 149 Å². The first-order valence-corrected chi connectivity index (χ1v) is 12.9. The summed E-state index contributed by atoms with van der Waals surface area (Å²) in [7, 11) is 0. The lowest BCUT2D eigenvalue weighted by atomic mass is 10.1. The molecular formula is C27H27N7O3S. The van der Waals surface area contributed by atoms with Gasteiger partial charge in [-0.1, -0.05) is 24.3 Å². The number of aromatic nitrogens is 2. The summed E-state index contributed by atoms with van der Waals surface area (Å²) in [6.45, 7) is 3.37. The van der Waals surface area contributed by atoms with Gasteiger partial charge in [0.05, 0.1) is 23.4 Å². The predicted octanol–water partition coefficient (Wildman–Crippen LogP) is 3.91. The molecule has 194 valence electrons. The summed E-state index contributed by atoms with van der Waals surface area (Å²) < 4.78 is 6.57. The van der Waals surface area contributed by atoms with Crippen LogP contribution in [-0.4, -0.2) is 53.6 Å². The lowest BCUT2D eigenvalue weighted by molar-refractivity contribution is -0.124. The highest BCUT2D eigenvalue weighted by atomic mass is 32.1. The van der Waals surface area contributed by atoms with Gasteiger partial charge in [-0.25, -0.2) is 15.4 Å². The number of nitrogen functional groups attached to an aromatic ring is 1. The van der Waals surface area contributed by atoms with E-state index in [2.05, 4.69) is 16.3 Å². The number of benzene rings is 2. The predicted molar refractivity (Wildman–Crippen MR) is 151 cm³/mol. The molecule has 38 heavy (non-hydrogen) atoms. The maximum absolute atomic E-state index is 11.2. The molecule has 5 rings (SSSR count). The number of nitrogens with one attached hydrogen (secondary N) is 3. The summed E-state index contributed by atoms with van der Waals surface area (Å²) in [6.07, 6.45) is 4.13. The summed E-state index contributed by atoms with van der Waals surface area (Å²) in [5, 5.41) is 19.9. The van der Waals surface area contributed by atoms with Crippen LogP contribution in [0.25, 0.3) is 27.7 Å². The molecule has 2 aromatic carbocycles. The van der Waals surface area contributed by atoms with Crippen LogP contribution in [-0.2, 0) is 16.1 Å². The Hall–Kier alpha value is -4.32. The summed E-state index contributed by atoms with van der Waals surface area (Å²) in [6, 6.07) is 15.2. The van der Waals surface area contributed by atoms with Gasteiger partial charge < -0.3 is 26.1 Å². The lowest BCUT2D eigenvalue weighted by Crippen LogP contribution is -2.36. The minimum atomic E-state index is -0.579. The smallest absolute Gasteiger partial charge is 0.267 e. The number of amides is 1. The van der Waals surface area contributed by atoms with E-state index in [0.717, 1.165) is 50.8 Å². The van der Waals surface area contributed by atoms with Crippen LogP contribution in [0.15, 0.2) is 54.6 Å². The molecule has 0 atom stereocenters. The van der Waals surface area contributed by atoms with E-state index in [0.29, 0.717) is 36.8 Å². The van der Waals surface area contributed by atoms with Gasteiger partial charge in [0.25, 0.3) is 5.91 Å². The van der Waals surface area contributed by atoms with Gasteiger partial charge in [0.15, 0.2) is 11.6 Å². The minimum Gasteiger partial charge on any atom is -0.398 e. The van der Waals surface area contributed by atoms with Crippen molar-refractivity contribution in [1.82, 2.24) is 15.4 Å². The molecule has 0 saturated carbocycles. The van der Waals surface area contributed by atoms with Crippen molar-refractivity contribution < 1.29 is 14.7 Å². The Morgan fingerprint density at radius 1 is 1.18 bits per heavy atom. The van der Waals surface area contributed by atoms with Crippen LogP contribution in [0.3, 0.4) is 0 Å². The molecule has 10 nitrogen and oxygen atoms in total. The van der Waals surface area contributed by atoms with Crippen LogP contribution in [0, 0.1) is 5.41 Å². The van der Waals surface area contributed by atoms with Crippen molar-refractivity contribution in [3.8, 4) is 11.4 Å². The number of nitrogens with two attached hydrogens (primary N) is 1. The fourth-order valence-electron chi connectivity index (χ4n) is 4.21. The van der Waals surface area contributed by atoms with E-state index in [1.54, 1.807) is 29.0 Å². The van der Waals surface area contributed by atoms with Crippen molar-refractivity contribution in [2.45, 2.75) is 6.54 Å². The molecule has 0 spiro atoms. The van der Waals surface area contributed by atoms with Crippen molar-refractivity contribution in [2.75, 3.05) is 42.3 Å². The van der Waals surface area contributed by atoms with Crippen LogP contribution in [0.1, 0.15) is 16.0 Å². The van der Waals surface area contributed by atoms with E-state index in [1.807, 2.05) is 36.4 Å². The summed E-state index contributed by atoms with van der Waals surface area (Å²) in [5.41, 5.74) is 12.2. The lowest BCUT2D eigenvalue weighted by Gasteiger charge is -2.28. The number of carbonyl (C=O) groups excluding carboxylic acids is 1. The van der Waals surface area contributed by atoms with Gasteiger partial charge in [0.1, 0.15) is 0 Å². The molecule has 4 aromatic rings. The standard InChI is InChI=1S/C27H27N7O3S/c28-15-21-20(2-1-3-22(21)29)26-31-23-14-19(38-25(23)27(32-26)34-10-12-37-13-11-34)16-30-18-7-4-17(5-8-18)6-9-24(35)33-36/h1-9,14-15,28,30,36H,10-13,16,29H2,(H,33,35). The van der Waals surface area contributed by atoms with Crippen LogP contribution in [0.4, 0.5) is 17.2 Å². The van der Waals surface area contributed by atoms with Crippen molar-refractivity contribution in [1.29, 1.82) is 5.41 Å². The number of rotatable bonds is 8. The number of nitrogens with zero attached hydrogens (tertiary/aromatic N) is 3. The van der Waals surface area contributed by atoms with Crippen LogP contribution < -0.4 is 21.4 Å². The normalized spacial score (nSPS) is 13.7. The fourth-order valence-corrected chi connectivity index (χ4v) is 5.26. The van der Waals surface area contributed by atoms with Gasteiger partial charge in [0, 0.05) is 59.3 Å². The first-order valence-electron chi connectivity index (χ1n) is 12.0. The molecule has 3 heterocycles. The number of fused-ring (bicyclic) bond motifs is 1. The third kappa shape index (κ3) is 5.49. The van der Waals surface area contributed by atoms with Crippen molar-refractivity contribution in [3.05, 3.63) is 70.6 Å². The second kappa shape index (κ2) is 11.4. The van der Waals surface area contributed by atoms with E-state index in [9.17, 15) is 4.79 Å². The Labute approximate surface area is 223 Å². The van der Waals surface area contributed by atoms with Gasteiger partial charge in [-0.05, 0) is 35.9 Å². The van der Waals surface area contributed by atoms with Crippen LogP contribution >= 0.6 is 11.3 Å². The first kappa shape index (κ1) is 25.3. The number of carbonyl (C=O) groups is 1. The van der Waals surface area contributed by atoms with E-state index >= 15 is 0 Å². The quantitative estimate of drug-likeness (QED) is 0.0758. The summed E-state index contributed by atoms with van der Waals surface area (Å²) in [4.78, 5) is 24.3. The average Bonchev–Trinajstić information content (AvgIpc) is 3.38. The molecule has 6 N–H and O–H groups in total. The molecule has 0 radical (unpaired) electrons. The van der Waals surface area contributed by atoms with Gasteiger partial charge in [-0.3, -0.25) is 10.0 Å². The zero-order chi connectivity index (χ0) is 26.5. The molecule has 1 aliphatic rings. The van der Waals surface area contributed by atoms with E-state index in [1.165, 1.54) is 12.3 Å². The SMILES string of the molecule is N=Cc1c(N)cccc1-c1nc(N2CCOCC2)c2sc(CNc3ccc(C=CC(=O)NO)cc3)cc2n1. The van der Waals surface area contributed by atoms with Crippen molar-refractivity contribution in [2.24, 2.45) is 0 Å². The Bertz CT molecular complexity index is 1490. The second-order valence-corrected chi connectivity index (χ2v) is 9.77. The third-order valence-corrected chi connectivity index (χ3v) is 7.28. The maximum atomic E-state index is 11.2. The van der Waals surface area contributed by atoms with Gasteiger partial charge >= 0.3 is 0 Å². The first-order chi connectivity index (χ1) is 18.6. The molecule has 1 aliphatic heterocycles. The zero-order valence-corrected chi connectivity index (χ0v) is 21.3. The molecule has 0 aliphatic carbocycles. The highest BCUT2D eigenvalue weighted by Crippen LogP contribution is 2.36. The van der Waals surface area contributed by atoms with Crippen molar-refractivity contribution >= 4 is 56.9 Å². The second-order valence-electron chi connectivity index (χ2n) is 8.64. The molecule has 1 saturated heterocycles. The van der Waals surface area contributed by atoms with Gasteiger partial charge in [-0.2, -0.15) is 0 Å². The Kier molecular flexibility index (Phi) is 7.59. The van der Waals surface area contributed by atoms with E-state index in [-0.39, 0.29) is 0 Å². The Morgan fingerprint density at radius 2 is 1.97 bits per heavy atom. The molecule has 1 fully saturated rings. The third-order valence-electron chi connectivity index (χ3n) is 6.16. The largest absolute Gasteiger partial charge is 0.398 e. The van der Waals surface area contributed by atoms with Crippen LogP contribution in [0.5, 0.6) is 0 Å². The summed E-state index contributed by atoms with van der Waals surface area (Å²) >= 11 is 1.65. The number of hydrogen-bond donors (Lipinski definition) is 5. The number of thiophene rings is 1. The number of morpholine rings is 1. The molecule has 11 heteroatoms. The van der Waals surface area contributed by atoms with E-state index < -0.39 is 5.91 Å². The van der Waals surface area contributed by atoms with Crippen molar-refractivity contribution in [3.63, 3.8) is 0 Å². The molecular weight excluding hydrogens is 502 g/mol. The molecule has 2 aromatic heterocycles. The number of hydrogen-bond acceptors (Lipinski definition) is 10. The monoisotopic (exact) mass is 529 g/mol. The molecule has 1 amide bonds. The number of hydroxylamine groups is 1. The van der Waals surface area contributed by atoms with E-state index in [4.69, 9.17) is 31.1 Å². The van der Waals surface area contributed by atoms with Gasteiger partial charge in [-0.15, -0.1) is 11.3 Å². The van der Waals surface area contributed by atoms with Gasteiger partial charge in [0.2, 0.25) is 0 Å². The fraction of sp³-hybridized carbons (Fsp3) is 0.185. The molecule has 0 bridgehead atoms. The maximum Gasteiger partial charge on any atom is 0.267 e. The highest BCUT2D eigenvalue weighted by molar-refractivity contribution is 7.19. The minimum absolute atomic E-state index is 0.516. The zero-order valence-electron chi connectivity index (χ0n) is 20.5. The molecule has 0 unspecified atom stereocenters. The summed E-state index contributed by atoms with van der Waals surface area (Å²) in [5.74, 6) is 0.830. The Balaban J connectivity index is 1.44. The Morgan fingerprint density at radius 3 is 2.71 bits per heavy atom. The number of ether oxygens (including phenoxy) is 1. The van der Waals surface area contributed by atoms with Crippen LogP contribution in [0.2, 0.25) is 0 Å². The highest BCUT2D eigenvalue weighted by Gasteiger charge is 2.21. The average molecular weight is 530 g/mol.